The highest BCUT2D eigenvalue weighted by Gasteiger charge is 2.23. The second kappa shape index (κ2) is 6.94. The molecule has 19 heavy (non-hydrogen) atoms. The fraction of sp³-hybridized carbons (Fsp3) is 0.600. The average molecular weight is 302 g/mol. The van der Waals surface area contributed by atoms with E-state index in [1.807, 2.05) is 12.1 Å². The van der Waals surface area contributed by atoms with Crippen molar-refractivity contribution in [2.75, 3.05) is 6.61 Å². The highest BCUT2D eigenvalue weighted by Crippen LogP contribution is 2.27. The van der Waals surface area contributed by atoms with Crippen LogP contribution in [0.2, 0.25) is 10.0 Å². The largest absolute Gasteiger partial charge is 0.378 e. The molecular formula is C15H21Cl2NO. The van der Waals surface area contributed by atoms with Gasteiger partial charge in [0, 0.05) is 28.7 Å². The molecule has 3 atom stereocenters. The van der Waals surface area contributed by atoms with Crippen LogP contribution < -0.4 is 5.32 Å². The van der Waals surface area contributed by atoms with Crippen molar-refractivity contribution in [2.45, 2.75) is 51.3 Å². The third kappa shape index (κ3) is 4.09. The van der Waals surface area contributed by atoms with Crippen molar-refractivity contribution < 1.29 is 4.74 Å². The number of hydrogen-bond donors (Lipinski definition) is 1. The Morgan fingerprint density at radius 2 is 2.21 bits per heavy atom. The van der Waals surface area contributed by atoms with Gasteiger partial charge >= 0.3 is 0 Å². The van der Waals surface area contributed by atoms with Gasteiger partial charge in [-0.2, -0.15) is 0 Å². The molecule has 4 heteroatoms. The molecule has 2 nitrogen and oxygen atoms in total. The van der Waals surface area contributed by atoms with Gasteiger partial charge in [0.25, 0.3) is 0 Å². The molecule has 0 aromatic heterocycles. The van der Waals surface area contributed by atoms with Crippen molar-refractivity contribution >= 4 is 23.2 Å². The van der Waals surface area contributed by atoms with Gasteiger partial charge in [0.2, 0.25) is 0 Å². The Morgan fingerprint density at radius 1 is 1.42 bits per heavy atom. The van der Waals surface area contributed by atoms with Crippen LogP contribution in [0.15, 0.2) is 18.2 Å². The maximum atomic E-state index is 6.25. The number of ether oxygens (including phenoxy) is 1. The van der Waals surface area contributed by atoms with E-state index in [-0.39, 0.29) is 6.04 Å². The van der Waals surface area contributed by atoms with E-state index in [0.29, 0.717) is 17.2 Å². The van der Waals surface area contributed by atoms with Crippen molar-refractivity contribution in [3.05, 3.63) is 33.8 Å². The van der Waals surface area contributed by atoms with Gasteiger partial charge in [0.05, 0.1) is 6.10 Å². The molecule has 1 heterocycles. The van der Waals surface area contributed by atoms with Crippen LogP contribution in [-0.2, 0) is 4.74 Å². The van der Waals surface area contributed by atoms with Crippen LogP contribution in [0.1, 0.15) is 44.7 Å². The lowest BCUT2D eigenvalue weighted by Crippen LogP contribution is -2.40. The maximum Gasteiger partial charge on any atom is 0.0587 e. The van der Waals surface area contributed by atoms with E-state index >= 15 is 0 Å². The molecular weight excluding hydrogens is 281 g/mol. The lowest BCUT2D eigenvalue weighted by Gasteiger charge is -2.32. The fourth-order valence-electron chi connectivity index (χ4n) is 2.61. The quantitative estimate of drug-likeness (QED) is 0.877. The number of halogens is 2. The summed E-state index contributed by atoms with van der Waals surface area (Å²) in [5.41, 5.74) is 1.10. The molecule has 0 saturated carbocycles. The molecule has 1 N–H and O–H groups in total. The van der Waals surface area contributed by atoms with Gasteiger partial charge in [-0.15, -0.1) is 0 Å². The second-order valence-electron chi connectivity index (χ2n) is 5.18. The lowest BCUT2D eigenvalue weighted by atomic mass is 9.99. The number of hydrogen-bond acceptors (Lipinski definition) is 2. The highest BCUT2D eigenvalue weighted by molar-refractivity contribution is 6.35. The van der Waals surface area contributed by atoms with E-state index in [1.54, 1.807) is 6.07 Å². The molecule has 2 rings (SSSR count). The van der Waals surface area contributed by atoms with Crippen LogP contribution in [0.3, 0.4) is 0 Å². The zero-order chi connectivity index (χ0) is 13.8. The third-order valence-corrected chi connectivity index (χ3v) is 4.30. The van der Waals surface area contributed by atoms with Crippen molar-refractivity contribution in [2.24, 2.45) is 0 Å². The standard InChI is InChI=1S/C15H21Cl2NO/c1-3-13-9-12(6-7-19-13)18-10(2)14-5-4-11(16)8-15(14)17/h4-5,8,10,12-13,18H,3,6-7,9H2,1-2H3. The smallest absolute Gasteiger partial charge is 0.0587 e. The first-order valence-electron chi connectivity index (χ1n) is 6.92. The number of benzene rings is 1. The number of nitrogens with one attached hydrogen (secondary N) is 1. The van der Waals surface area contributed by atoms with E-state index in [9.17, 15) is 0 Å². The Morgan fingerprint density at radius 3 is 2.89 bits per heavy atom. The summed E-state index contributed by atoms with van der Waals surface area (Å²) in [6, 6.07) is 6.42. The van der Waals surface area contributed by atoms with Gasteiger partial charge in [0.15, 0.2) is 0 Å². The van der Waals surface area contributed by atoms with Crippen LogP contribution in [0, 0.1) is 0 Å². The molecule has 0 bridgehead atoms. The monoisotopic (exact) mass is 301 g/mol. The maximum absolute atomic E-state index is 6.25. The molecule has 3 unspecified atom stereocenters. The second-order valence-corrected chi connectivity index (χ2v) is 6.02. The van der Waals surface area contributed by atoms with Crippen molar-refractivity contribution in [1.29, 1.82) is 0 Å². The molecule has 1 fully saturated rings. The fourth-order valence-corrected chi connectivity index (χ4v) is 3.18. The van der Waals surface area contributed by atoms with Gasteiger partial charge in [-0.1, -0.05) is 36.2 Å². The molecule has 1 saturated heterocycles. The Hall–Kier alpha value is -0.280. The summed E-state index contributed by atoms with van der Waals surface area (Å²) < 4.78 is 5.70. The molecule has 1 aromatic carbocycles. The zero-order valence-electron chi connectivity index (χ0n) is 11.5. The van der Waals surface area contributed by atoms with Gasteiger partial charge in [-0.3, -0.25) is 0 Å². The Balaban J connectivity index is 1.98. The average Bonchev–Trinajstić information content (AvgIpc) is 2.38. The van der Waals surface area contributed by atoms with Crippen LogP contribution in [0.5, 0.6) is 0 Å². The molecule has 0 spiro atoms. The zero-order valence-corrected chi connectivity index (χ0v) is 13.0. The van der Waals surface area contributed by atoms with E-state index in [2.05, 4.69) is 19.2 Å². The SMILES string of the molecule is CCC1CC(NC(C)c2ccc(Cl)cc2Cl)CCO1. The normalized spacial score (nSPS) is 25.3. The van der Waals surface area contributed by atoms with E-state index in [1.165, 1.54) is 0 Å². The predicted molar refractivity (Wildman–Crippen MR) is 81.1 cm³/mol. The predicted octanol–water partition coefficient (Wildman–Crippen LogP) is 4.60. The van der Waals surface area contributed by atoms with Crippen LogP contribution in [0.4, 0.5) is 0 Å². The molecule has 0 radical (unpaired) electrons. The van der Waals surface area contributed by atoms with Crippen molar-refractivity contribution in [3.8, 4) is 0 Å². The van der Waals surface area contributed by atoms with E-state index in [0.717, 1.165) is 36.5 Å². The number of rotatable bonds is 4. The van der Waals surface area contributed by atoms with Crippen LogP contribution >= 0.6 is 23.2 Å². The third-order valence-electron chi connectivity index (χ3n) is 3.74. The topological polar surface area (TPSA) is 21.3 Å². The lowest BCUT2D eigenvalue weighted by molar-refractivity contribution is -0.00165. The molecule has 1 aromatic rings. The summed E-state index contributed by atoms with van der Waals surface area (Å²) in [6.45, 7) is 5.16. The summed E-state index contributed by atoms with van der Waals surface area (Å²) in [5, 5.41) is 5.06. The highest BCUT2D eigenvalue weighted by atomic mass is 35.5. The summed E-state index contributed by atoms with van der Waals surface area (Å²) >= 11 is 12.2. The van der Waals surface area contributed by atoms with Gasteiger partial charge < -0.3 is 10.1 Å². The minimum absolute atomic E-state index is 0.227. The Kier molecular flexibility index (Phi) is 5.52. The van der Waals surface area contributed by atoms with Crippen LogP contribution in [0.25, 0.3) is 0 Å². The van der Waals surface area contributed by atoms with Crippen molar-refractivity contribution in [3.63, 3.8) is 0 Å². The molecule has 106 valence electrons. The summed E-state index contributed by atoms with van der Waals surface area (Å²) in [4.78, 5) is 0. The Bertz CT molecular complexity index is 425. The molecule has 0 amide bonds. The first-order valence-corrected chi connectivity index (χ1v) is 7.68. The summed E-state index contributed by atoms with van der Waals surface area (Å²) in [6.07, 6.45) is 3.60. The van der Waals surface area contributed by atoms with Gasteiger partial charge in [-0.05, 0) is 43.9 Å². The first kappa shape index (κ1) is 15.1. The van der Waals surface area contributed by atoms with Gasteiger partial charge in [0.1, 0.15) is 0 Å². The summed E-state index contributed by atoms with van der Waals surface area (Å²) in [7, 11) is 0. The molecule has 1 aliphatic heterocycles. The minimum atomic E-state index is 0.227. The molecule has 0 aliphatic carbocycles. The Labute approximate surface area is 125 Å². The molecule has 1 aliphatic rings. The van der Waals surface area contributed by atoms with Crippen LogP contribution in [-0.4, -0.2) is 18.8 Å². The van der Waals surface area contributed by atoms with E-state index in [4.69, 9.17) is 27.9 Å². The van der Waals surface area contributed by atoms with Crippen molar-refractivity contribution in [1.82, 2.24) is 5.32 Å². The summed E-state index contributed by atoms with van der Waals surface area (Å²) in [5.74, 6) is 0. The van der Waals surface area contributed by atoms with E-state index < -0.39 is 0 Å². The minimum Gasteiger partial charge on any atom is -0.378 e. The first-order chi connectivity index (χ1) is 9.10. The van der Waals surface area contributed by atoms with Gasteiger partial charge in [-0.25, -0.2) is 0 Å².